The molecule has 0 bridgehead atoms. The van der Waals surface area contributed by atoms with Crippen LogP contribution in [-0.2, 0) is 0 Å². The summed E-state index contributed by atoms with van der Waals surface area (Å²) >= 11 is 0. The van der Waals surface area contributed by atoms with Gasteiger partial charge in [0, 0.05) is 6.07 Å². The maximum Gasteiger partial charge on any atom is 0.261 e. The van der Waals surface area contributed by atoms with Crippen molar-refractivity contribution in [3.63, 3.8) is 0 Å². The third-order valence-electron chi connectivity index (χ3n) is 2.04. The van der Waals surface area contributed by atoms with Gasteiger partial charge in [-0.05, 0) is 6.07 Å². The molecule has 18 heavy (non-hydrogen) atoms. The normalized spacial score (nSPS) is 12.6. The minimum atomic E-state index is -3.20. The average molecular weight is 271 g/mol. The van der Waals surface area contributed by atoms with Crippen LogP contribution in [0, 0.1) is 17.5 Å². The SMILES string of the molecule is O=C(NC(CF)C(F)F)c1cc(F)c(F)cc1F. The summed E-state index contributed by atoms with van der Waals surface area (Å²) in [7, 11) is 0. The summed E-state index contributed by atoms with van der Waals surface area (Å²) in [5.74, 6) is -5.93. The van der Waals surface area contributed by atoms with Gasteiger partial charge in [0.25, 0.3) is 12.3 Å². The molecule has 1 unspecified atom stereocenters. The summed E-state index contributed by atoms with van der Waals surface area (Å²) in [6.45, 7) is -1.57. The molecule has 0 aliphatic heterocycles. The van der Waals surface area contributed by atoms with Crippen LogP contribution in [-0.4, -0.2) is 25.0 Å². The third kappa shape index (κ3) is 3.14. The van der Waals surface area contributed by atoms with E-state index in [0.29, 0.717) is 0 Å². The first-order valence-electron chi connectivity index (χ1n) is 4.66. The fourth-order valence-corrected chi connectivity index (χ4v) is 1.11. The zero-order valence-electron chi connectivity index (χ0n) is 8.69. The van der Waals surface area contributed by atoms with Gasteiger partial charge in [-0.25, -0.2) is 26.3 Å². The highest BCUT2D eigenvalue weighted by Crippen LogP contribution is 2.14. The number of benzene rings is 1. The van der Waals surface area contributed by atoms with E-state index < -0.39 is 48.1 Å². The minimum absolute atomic E-state index is 0.0943. The Morgan fingerprint density at radius 1 is 1.11 bits per heavy atom. The third-order valence-corrected chi connectivity index (χ3v) is 2.04. The van der Waals surface area contributed by atoms with E-state index in [-0.39, 0.29) is 12.1 Å². The highest BCUT2D eigenvalue weighted by Gasteiger charge is 2.25. The van der Waals surface area contributed by atoms with Crippen LogP contribution in [0.4, 0.5) is 26.3 Å². The predicted molar refractivity (Wildman–Crippen MR) is 49.5 cm³/mol. The van der Waals surface area contributed by atoms with Crippen LogP contribution in [0.15, 0.2) is 12.1 Å². The Labute approximate surface area is 97.6 Å². The summed E-state index contributed by atoms with van der Waals surface area (Å²) in [5, 5.41) is 1.48. The van der Waals surface area contributed by atoms with E-state index in [4.69, 9.17) is 0 Å². The van der Waals surface area contributed by atoms with Gasteiger partial charge in [0.1, 0.15) is 18.5 Å². The van der Waals surface area contributed by atoms with E-state index in [1.807, 2.05) is 0 Å². The van der Waals surface area contributed by atoms with E-state index in [0.717, 1.165) is 0 Å². The Morgan fingerprint density at radius 3 is 2.17 bits per heavy atom. The molecule has 2 nitrogen and oxygen atoms in total. The molecule has 0 heterocycles. The van der Waals surface area contributed by atoms with Crippen molar-refractivity contribution < 1.29 is 31.1 Å². The number of carbonyl (C=O) groups excluding carboxylic acids is 1. The van der Waals surface area contributed by atoms with Crippen LogP contribution < -0.4 is 5.32 Å². The lowest BCUT2D eigenvalue weighted by Gasteiger charge is -2.14. The quantitative estimate of drug-likeness (QED) is 0.661. The largest absolute Gasteiger partial charge is 0.341 e. The predicted octanol–water partition coefficient (Wildman–Crippen LogP) is 2.44. The molecule has 0 aliphatic rings. The van der Waals surface area contributed by atoms with Gasteiger partial charge >= 0.3 is 0 Å². The summed E-state index contributed by atoms with van der Waals surface area (Å²) in [6.07, 6.45) is -3.20. The maximum atomic E-state index is 13.1. The van der Waals surface area contributed by atoms with Crippen molar-refractivity contribution in [3.05, 3.63) is 35.1 Å². The molecule has 1 aromatic rings. The van der Waals surface area contributed by atoms with Crippen molar-refractivity contribution in [1.82, 2.24) is 5.32 Å². The molecule has 1 amide bonds. The number of alkyl halides is 3. The van der Waals surface area contributed by atoms with Gasteiger partial charge in [0.05, 0.1) is 5.56 Å². The van der Waals surface area contributed by atoms with E-state index in [2.05, 4.69) is 0 Å². The van der Waals surface area contributed by atoms with Gasteiger partial charge < -0.3 is 5.32 Å². The Hall–Kier alpha value is -1.73. The second-order valence-corrected chi connectivity index (χ2v) is 3.31. The zero-order chi connectivity index (χ0) is 13.9. The Balaban J connectivity index is 2.94. The van der Waals surface area contributed by atoms with Crippen molar-refractivity contribution in [1.29, 1.82) is 0 Å². The number of rotatable bonds is 4. The molecular weight excluding hydrogens is 264 g/mol. The second kappa shape index (κ2) is 5.74. The molecule has 100 valence electrons. The van der Waals surface area contributed by atoms with E-state index in [1.165, 1.54) is 5.32 Å². The van der Waals surface area contributed by atoms with Gasteiger partial charge in [0.15, 0.2) is 11.6 Å². The van der Waals surface area contributed by atoms with Crippen LogP contribution in [0.5, 0.6) is 0 Å². The summed E-state index contributed by atoms with van der Waals surface area (Å²) in [4.78, 5) is 11.3. The summed E-state index contributed by atoms with van der Waals surface area (Å²) in [5.41, 5.74) is -0.979. The lowest BCUT2D eigenvalue weighted by Crippen LogP contribution is -2.41. The lowest BCUT2D eigenvalue weighted by molar-refractivity contribution is 0.0677. The fourth-order valence-electron chi connectivity index (χ4n) is 1.11. The van der Waals surface area contributed by atoms with E-state index in [9.17, 15) is 31.1 Å². The van der Waals surface area contributed by atoms with Crippen LogP contribution in [0.2, 0.25) is 0 Å². The number of nitrogens with one attached hydrogen (secondary N) is 1. The van der Waals surface area contributed by atoms with Crippen molar-refractivity contribution in [2.45, 2.75) is 12.5 Å². The number of hydrogen-bond donors (Lipinski definition) is 1. The molecule has 1 atom stereocenters. The topological polar surface area (TPSA) is 29.1 Å². The van der Waals surface area contributed by atoms with E-state index >= 15 is 0 Å². The smallest absolute Gasteiger partial charge is 0.261 e. The van der Waals surface area contributed by atoms with Gasteiger partial charge in [-0.15, -0.1) is 0 Å². The highest BCUT2D eigenvalue weighted by molar-refractivity contribution is 5.94. The summed E-state index contributed by atoms with van der Waals surface area (Å²) < 4.78 is 74.8. The molecule has 1 rings (SSSR count). The number of hydrogen-bond acceptors (Lipinski definition) is 1. The Morgan fingerprint density at radius 2 is 1.67 bits per heavy atom. The first-order chi connectivity index (χ1) is 8.36. The van der Waals surface area contributed by atoms with E-state index in [1.54, 1.807) is 0 Å². The molecule has 0 radical (unpaired) electrons. The van der Waals surface area contributed by atoms with Gasteiger partial charge in [-0.1, -0.05) is 0 Å². The molecule has 1 aromatic carbocycles. The van der Waals surface area contributed by atoms with Gasteiger partial charge in [-0.3, -0.25) is 4.79 Å². The lowest BCUT2D eigenvalue weighted by atomic mass is 10.1. The number of halogens is 6. The number of carbonyl (C=O) groups is 1. The van der Waals surface area contributed by atoms with Crippen molar-refractivity contribution >= 4 is 5.91 Å². The van der Waals surface area contributed by atoms with Crippen molar-refractivity contribution in [3.8, 4) is 0 Å². The molecule has 0 aliphatic carbocycles. The molecule has 0 spiro atoms. The highest BCUT2D eigenvalue weighted by atomic mass is 19.3. The van der Waals surface area contributed by atoms with Crippen LogP contribution in [0.3, 0.4) is 0 Å². The fraction of sp³-hybridized carbons (Fsp3) is 0.300. The van der Waals surface area contributed by atoms with Crippen molar-refractivity contribution in [2.24, 2.45) is 0 Å². The van der Waals surface area contributed by atoms with Crippen LogP contribution in [0.25, 0.3) is 0 Å². The minimum Gasteiger partial charge on any atom is -0.341 e. The van der Waals surface area contributed by atoms with Crippen LogP contribution >= 0.6 is 0 Å². The monoisotopic (exact) mass is 271 g/mol. The van der Waals surface area contributed by atoms with Gasteiger partial charge in [-0.2, -0.15) is 0 Å². The molecule has 0 aromatic heterocycles. The Kier molecular flexibility index (Phi) is 4.57. The molecule has 0 saturated heterocycles. The van der Waals surface area contributed by atoms with Crippen LogP contribution in [0.1, 0.15) is 10.4 Å². The number of amides is 1. The average Bonchev–Trinajstić information content (AvgIpc) is 2.29. The summed E-state index contributed by atoms with van der Waals surface area (Å²) in [6, 6.07) is -1.83. The molecule has 8 heteroatoms. The second-order valence-electron chi connectivity index (χ2n) is 3.31. The first-order valence-corrected chi connectivity index (χ1v) is 4.66. The zero-order valence-corrected chi connectivity index (χ0v) is 8.69. The molecule has 0 saturated carbocycles. The molecule has 1 N–H and O–H groups in total. The van der Waals surface area contributed by atoms with Crippen molar-refractivity contribution in [2.75, 3.05) is 6.67 Å². The first kappa shape index (κ1) is 14.3. The Bertz CT molecular complexity index is 450. The maximum absolute atomic E-state index is 13.1. The molecular formula is C10H7F6NO. The van der Waals surface area contributed by atoms with Gasteiger partial charge in [0.2, 0.25) is 0 Å². The molecule has 0 fully saturated rings. The standard InChI is InChI=1S/C10H7F6NO/c11-3-8(9(15)16)17-10(18)4-1-6(13)7(14)2-5(4)12/h1-2,8-9H,3H2,(H,17,18).